The molecule has 0 aromatic heterocycles. The van der Waals surface area contributed by atoms with Crippen LogP contribution in [0.5, 0.6) is 23.0 Å². The first-order valence-corrected chi connectivity index (χ1v) is 13.5. The molecule has 3 heteroatoms. The molecule has 0 aliphatic carbocycles. The maximum atomic E-state index is 13.2. The van der Waals surface area contributed by atoms with E-state index in [1.165, 1.54) is 33.0 Å². The van der Waals surface area contributed by atoms with Crippen LogP contribution in [0.4, 0.5) is 0 Å². The molecule has 0 aliphatic heterocycles. The summed E-state index contributed by atoms with van der Waals surface area (Å²) in [6.45, 7) is 8.46. The van der Waals surface area contributed by atoms with Crippen molar-refractivity contribution in [2.24, 2.45) is 0 Å². The fraction of sp³-hybridized carbons (Fsp3) is 0.108. The Labute approximate surface area is 234 Å². The number of rotatable bonds is 6. The summed E-state index contributed by atoms with van der Waals surface area (Å²) in [4.78, 5) is 13.2. The van der Waals surface area contributed by atoms with E-state index < -0.39 is 0 Å². The van der Waals surface area contributed by atoms with Crippen molar-refractivity contribution in [2.75, 3.05) is 0 Å². The second kappa shape index (κ2) is 10.3. The fourth-order valence-electron chi connectivity index (χ4n) is 5.49. The average Bonchev–Trinajstić information content (AvgIpc) is 2.96. The number of aryl methyl sites for hydroxylation is 4. The van der Waals surface area contributed by atoms with Crippen LogP contribution in [0.3, 0.4) is 0 Å². The van der Waals surface area contributed by atoms with E-state index in [9.17, 15) is 4.79 Å². The molecule has 0 spiro atoms. The van der Waals surface area contributed by atoms with Crippen LogP contribution in [0.15, 0.2) is 109 Å². The summed E-state index contributed by atoms with van der Waals surface area (Å²) >= 11 is 0. The molecule has 3 nitrogen and oxygen atoms in total. The summed E-state index contributed by atoms with van der Waals surface area (Å²) in [6, 6.07) is 35.3. The highest BCUT2D eigenvalue weighted by Crippen LogP contribution is 2.35. The third-order valence-electron chi connectivity index (χ3n) is 7.52. The van der Waals surface area contributed by atoms with Gasteiger partial charge in [-0.2, -0.15) is 0 Å². The van der Waals surface area contributed by atoms with Gasteiger partial charge in [-0.15, -0.1) is 0 Å². The van der Waals surface area contributed by atoms with Crippen molar-refractivity contribution in [3.63, 3.8) is 0 Å². The van der Waals surface area contributed by atoms with Crippen LogP contribution >= 0.6 is 0 Å². The van der Waals surface area contributed by atoms with E-state index in [-0.39, 0.29) is 5.78 Å². The molecular formula is C37H30O3. The average molecular weight is 523 g/mol. The van der Waals surface area contributed by atoms with Gasteiger partial charge >= 0.3 is 0 Å². The summed E-state index contributed by atoms with van der Waals surface area (Å²) < 4.78 is 12.5. The van der Waals surface area contributed by atoms with E-state index in [4.69, 9.17) is 9.47 Å². The quantitative estimate of drug-likeness (QED) is 0.204. The number of ketones is 1. The molecule has 196 valence electrons. The van der Waals surface area contributed by atoms with Crippen molar-refractivity contribution >= 4 is 27.3 Å². The highest BCUT2D eigenvalue weighted by atomic mass is 16.5. The molecule has 6 aromatic carbocycles. The summed E-state index contributed by atoms with van der Waals surface area (Å²) in [5, 5.41) is 4.59. The second-order valence-electron chi connectivity index (χ2n) is 10.3. The molecular weight excluding hydrogens is 492 g/mol. The Hall–Kier alpha value is -4.89. The Morgan fingerprint density at radius 3 is 1.23 bits per heavy atom. The van der Waals surface area contributed by atoms with E-state index in [2.05, 4.69) is 64.1 Å². The minimum atomic E-state index is -0.0501. The molecule has 0 amide bonds. The predicted molar refractivity (Wildman–Crippen MR) is 163 cm³/mol. The van der Waals surface area contributed by atoms with Gasteiger partial charge in [0.1, 0.15) is 23.0 Å². The molecule has 0 N–H and O–H groups in total. The summed E-state index contributed by atoms with van der Waals surface area (Å²) in [5.41, 5.74) is 6.09. The van der Waals surface area contributed by atoms with Gasteiger partial charge in [0.25, 0.3) is 0 Å². The molecule has 0 bridgehead atoms. The van der Waals surface area contributed by atoms with Gasteiger partial charge in [-0.1, -0.05) is 48.5 Å². The molecule has 0 heterocycles. The Balaban J connectivity index is 1.19. The lowest BCUT2D eigenvalue weighted by Gasteiger charge is -2.13. The number of carbonyl (C=O) groups excluding carboxylic acids is 1. The monoisotopic (exact) mass is 522 g/mol. The molecule has 0 aliphatic rings. The van der Waals surface area contributed by atoms with Crippen molar-refractivity contribution in [1.82, 2.24) is 0 Å². The van der Waals surface area contributed by atoms with Gasteiger partial charge in [0.15, 0.2) is 5.78 Å². The van der Waals surface area contributed by atoms with Gasteiger partial charge in [0.2, 0.25) is 0 Å². The second-order valence-corrected chi connectivity index (χ2v) is 10.3. The van der Waals surface area contributed by atoms with Crippen molar-refractivity contribution < 1.29 is 14.3 Å². The summed E-state index contributed by atoms with van der Waals surface area (Å²) in [7, 11) is 0. The molecule has 6 rings (SSSR count). The molecule has 0 unspecified atom stereocenters. The van der Waals surface area contributed by atoms with E-state index in [1.807, 2.05) is 72.8 Å². The third-order valence-corrected chi connectivity index (χ3v) is 7.52. The van der Waals surface area contributed by atoms with E-state index in [0.717, 1.165) is 22.3 Å². The Kier molecular flexibility index (Phi) is 6.57. The lowest BCUT2D eigenvalue weighted by atomic mass is 10.00. The molecule has 40 heavy (non-hydrogen) atoms. The first-order valence-electron chi connectivity index (χ1n) is 13.5. The minimum absolute atomic E-state index is 0.0501. The number of ether oxygens (including phenoxy) is 2. The maximum absolute atomic E-state index is 13.2. The minimum Gasteiger partial charge on any atom is -0.457 e. The third kappa shape index (κ3) is 4.71. The van der Waals surface area contributed by atoms with Crippen LogP contribution in [0, 0.1) is 27.7 Å². The number of carbonyl (C=O) groups is 1. The maximum Gasteiger partial charge on any atom is 0.193 e. The van der Waals surface area contributed by atoms with Crippen LogP contribution in [0.25, 0.3) is 21.5 Å². The van der Waals surface area contributed by atoms with Crippen LogP contribution < -0.4 is 9.47 Å². The number of benzene rings is 6. The summed E-state index contributed by atoms with van der Waals surface area (Å²) in [6.07, 6.45) is 0. The normalized spacial score (nSPS) is 11.1. The molecule has 0 fully saturated rings. The Morgan fingerprint density at radius 2 is 0.825 bits per heavy atom. The summed E-state index contributed by atoms with van der Waals surface area (Å²) in [5.74, 6) is 2.93. The van der Waals surface area contributed by atoms with Gasteiger partial charge < -0.3 is 9.47 Å². The Bertz CT molecular complexity index is 1730. The van der Waals surface area contributed by atoms with E-state index in [1.54, 1.807) is 0 Å². The van der Waals surface area contributed by atoms with Crippen molar-refractivity contribution in [3.05, 3.63) is 143 Å². The molecule has 0 saturated heterocycles. The van der Waals surface area contributed by atoms with Gasteiger partial charge in [-0.05, 0) is 121 Å². The van der Waals surface area contributed by atoms with Crippen LogP contribution in [0.1, 0.15) is 38.2 Å². The van der Waals surface area contributed by atoms with Crippen LogP contribution in [-0.2, 0) is 0 Å². The molecule has 6 aromatic rings. The van der Waals surface area contributed by atoms with Gasteiger partial charge in [0.05, 0.1) is 0 Å². The molecule has 0 saturated carbocycles. The molecule has 0 radical (unpaired) electrons. The van der Waals surface area contributed by atoms with Crippen LogP contribution in [-0.4, -0.2) is 5.78 Å². The predicted octanol–water partition coefficient (Wildman–Crippen LogP) is 10.0. The van der Waals surface area contributed by atoms with E-state index >= 15 is 0 Å². The van der Waals surface area contributed by atoms with Crippen molar-refractivity contribution in [1.29, 1.82) is 0 Å². The standard InChI is InChI=1S/C37H30O3/c1-23-7-5-9-31-33(21-11-25(3)35(23)31)39-29-17-13-27(14-18-29)37(38)28-15-19-30(20-16-28)40-34-22-12-26(4)36-24(2)8-6-10-32(34)36/h5-22H,1-4H3. The smallest absolute Gasteiger partial charge is 0.193 e. The number of fused-ring (bicyclic) bond motifs is 2. The zero-order valence-corrected chi connectivity index (χ0v) is 23.1. The molecule has 0 atom stereocenters. The largest absolute Gasteiger partial charge is 0.457 e. The van der Waals surface area contributed by atoms with Crippen LogP contribution in [0.2, 0.25) is 0 Å². The van der Waals surface area contributed by atoms with Gasteiger partial charge in [-0.3, -0.25) is 4.79 Å². The highest BCUT2D eigenvalue weighted by Gasteiger charge is 2.13. The SMILES string of the molecule is Cc1cccc2c(Oc3ccc(C(=O)c4ccc(Oc5ccc(C)c6c(C)cccc56)cc4)cc3)ccc(C)c12. The Morgan fingerprint density at radius 1 is 0.450 bits per heavy atom. The topological polar surface area (TPSA) is 35.5 Å². The first-order chi connectivity index (χ1) is 19.4. The lowest BCUT2D eigenvalue weighted by molar-refractivity contribution is 0.103. The van der Waals surface area contributed by atoms with Crippen molar-refractivity contribution in [3.8, 4) is 23.0 Å². The zero-order valence-electron chi connectivity index (χ0n) is 23.1. The zero-order chi connectivity index (χ0) is 27.8. The fourth-order valence-corrected chi connectivity index (χ4v) is 5.49. The lowest BCUT2D eigenvalue weighted by Crippen LogP contribution is -2.01. The highest BCUT2D eigenvalue weighted by molar-refractivity contribution is 6.09. The first kappa shape index (κ1) is 25.4. The van der Waals surface area contributed by atoms with Gasteiger partial charge in [0, 0.05) is 21.9 Å². The number of hydrogen-bond donors (Lipinski definition) is 0. The number of hydrogen-bond acceptors (Lipinski definition) is 3. The van der Waals surface area contributed by atoms with E-state index in [0.29, 0.717) is 22.6 Å². The van der Waals surface area contributed by atoms with Crippen molar-refractivity contribution in [2.45, 2.75) is 27.7 Å². The van der Waals surface area contributed by atoms with Gasteiger partial charge in [-0.25, -0.2) is 0 Å².